The molecule has 2 atom stereocenters. The van der Waals surface area contributed by atoms with Crippen molar-refractivity contribution in [1.82, 2.24) is 16.0 Å². The van der Waals surface area contributed by atoms with Gasteiger partial charge in [0.15, 0.2) is 0 Å². The molecule has 1 unspecified atom stereocenters. The lowest BCUT2D eigenvalue weighted by atomic mass is 10.0. The Bertz CT molecular complexity index is 718. The zero-order valence-electron chi connectivity index (χ0n) is 17.4. The molecule has 0 aliphatic rings. The highest BCUT2D eigenvalue weighted by molar-refractivity contribution is 5.99. The zero-order valence-corrected chi connectivity index (χ0v) is 17.4. The molecular weight excluding hydrogens is 374 g/mol. The first kappa shape index (κ1) is 24.1. The Morgan fingerprint density at radius 1 is 0.966 bits per heavy atom. The van der Waals surface area contributed by atoms with Crippen molar-refractivity contribution in [3.8, 4) is 0 Å². The largest absolute Gasteiger partial charge is 0.353 e. The van der Waals surface area contributed by atoms with Gasteiger partial charge in [0.1, 0.15) is 12.1 Å². The predicted molar refractivity (Wildman–Crippen MR) is 111 cm³/mol. The maximum absolute atomic E-state index is 12.6. The lowest BCUT2D eigenvalue weighted by Gasteiger charge is -2.24. The van der Waals surface area contributed by atoms with E-state index in [4.69, 9.17) is 5.73 Å². The standard InChI is InChI=1S/C20H31N5O4/c1-5-16(26)24-15-8-6-14(7-9-15)19(28)25-17(12(2)3)20(29)23-13(4)18(27)22-11-10-21/h6-9,12-13,17H,5,10-11,21H2,1-4H3,(H,22,27)(H,23,29)(H,24,26)(H,25,28)/t13-,17?/m0/s1. The smallest absolute Gasteiger partial charge is 0.251 e. The van der Waals surface area contributed by atoms with Crippen LogP contribution in [0.4, 0.5) is 5.69 Å². The second-order valence-electron chi connectivity index (χ2n) is 6.98. The highest BCUT2D eigenvalue weighted by Gasteiger charge is 2.27. The van der Waals surface area contributed by atoms with E-state index in [2.05, 4.69) is 21.3 Å². The molecule has 0 aliphatic carbocycles. The van der Waals surface area contributed by atoms with Gasteiger partial charge in [0.2, 0.25) is 17.7 Å². The Balaban J connectivity index is 2.75. The van der Waals surface area contributed by atoms with Crippen LogP contribution in [-0.2, 0) is 14.4 Å². The van der Waals surface area contributed by atoms with E-state index in [1.807, 2.05) is 0 Å². The van der Waals surface area contributed by atoms with Gasteiger partial charge in [0.25, 0.3) is 5.91 Å². The first-order valence-electron chi connectivity index (χ1n) is 9.68. The molecule has 29 heavy (non-hydrogen) atoms. The second kappa shape index (κ2) is 11.8. The summed E-state index contributed by atoms with van der Waals surface area (Å²) in [4.78, 5) is 48.4. The zero-order chi connectivity index (χ0) is 22.0. The number of nitrogens with two attached hydrogens (primary N) is 1. The molecule has 0 spiro atoms. The van der Waals surface area contributed by atoms with Crippen molar-refractivity contribution in [2.24, 2.45) is 11.7 Å². The Morgan fingerprint density at radius 2 is 1.59 bits per heavy atom. The second-order valence-corrected chi connectivity index (χ2v) is 6.98. The molecule has 0 radical (unpaired) electrons. The summed E-state index contributed by atoms with van der Waals surface area (Å²) in [5.74, 6) is -1.53. The highest BCUT2D eigenvalue weighted by atomic mass is 16.2. The van der Waals surface area contributed by atoms with Crippen LogP contribution in [0.15, 0.2) is 24.3 Å². The van der Waals surface area contributed by atoms with Crippen molar-refractivity contribution in [2.45, 2.75) is 46.2 Å². The van der Waals surface area contributed by atoms with E-state index < -0.39 is 23.9 Å². The number of anilines is 1. The van der Waals surface area contributed by atoms with Gasteiger partial charge in [-0.25, -0.2) is 0 Å². The van der Waals surface area contributed by atoms with Gasteiger partial charge >= 0.3 is 0 Å². The Labute approximate surface area is 171 Å². The van der Waals surface area contributed by atoms with Crippen LogP contribution < -0.4 is 27.0 Å². The summed E-state index contributed by atoms with van der Waals surface area (Å²) in [5.41, 5.74) is 6.29. The highest BCUT2D eigenvalue weighted by Crippen LogP contribution is 2.11. The summed E-state index contributed by atoms with van der Waals surface area (Å²) in [7, 11) is 0. The van der Waals surface area contributed by atoms with Crippen LogP contribution in [0, 0.1) is 5.92 Å². The minimum absolute atomic E-state index is 0.122. The molecule has 6 N–H and O–H groups in total. The van der Waals surface area contributed by atoms with Gasteiger partial charge in [-0.2, -0.15) is 0 Å². The number of nitrogens with one attached hydrogen (secondary N) is 4. The normalized spacial score (nSPS) is 12.6. The summed E-state index contributed by atoms with van der Waals surface area (Å²) < 4.78 is 0. The summed E-state index contributed by atoms with van der Waals surface area (Å²) in [6.07, 6.45) is 0.357. The van der Waals surface area contributed by atoms with Crippen LogP contribution >= 0.6 is 0 Å². The van der Waals surface area contributed by atoms with Crippen LogP contribution in [-0.4, -0.2) is 48.8 Å². The topological polar surface area (TPSA) is 142 Å². The molecule has 9 heteroatoms. The molecule has 1 rings (SSSR count). The molecule has 0 fully saturated rings. The van der Waals surface area contributed by atoms with Gasteiger partial charge in [-0.05, 0) is 37.1 Å². The minimum atomic E-state index is -0.813. The summed E-state index contributed by atoms with van der Waals surface area (Å²) in [6, 6.07) is 4.81. The molecule has 4 amide bonds. The Hall–Kier alpha value is -2.94. The number of hydrogen-bond donors (Lipinski definition) is 5. The fourth-order valence-electron chi connectivity index (χ4n) is 2.43. The van der Waals surface area contributed by atoms with Gasteiger partial charge < -0.3 is 27.0 Å². The quantitative estimate of drug-likeness (QED) is 0.382. The molecule has 9 nitrogen and oxygen atoms in total. The SMILES string of the molecule is CCC(=O)Nc1ccc(C(=O)NC(C(=O)N[C@@H](C)C(=O)NCCN)C(C)C)cc1. The third kappa shape index (κ3) is 7.90. The van der Waals surface area contributed by atoms with Gasteiger partial charge in [-0.1, -0.05) is 20.8 Å². The molecule has 1 aromatic carbocycles. The van der Waals surface area contributed by atoms with E-state index >= 15 is 0 Å². The average molecular weight is 405 g/mol. The third-order valence-electron chi connectivity index (χ3n) is 4.18. The van der Waals surface area contributed by atoms with Crippen molar-refractivity contribution >= 4 is 29.3 Å². The summed E-state index contributed by atoms with van der Waals surface area (Å²) in [5, 5.41) is 10.6. The fraction of sp³-hybridized carbons (Fsp3) is 0.500. The predicted octanol–water partition coefficient (Wildman–Crippen LogP) is 0.369. The first-order valence-corrected chi connectivity index (χ1v) is 9.68. The lowest BCUT2D eigenvalue weighted by molar-refractivity contribution is -0.130. The molecule has 0 heterocycles. The van der Waals surface area contributed by atoms with Crippen LogP contribution in [0.1, 0.15) is 44.5 Å². The molecule has 0 aromatic heterocycles. The van der Waals surface area contributed by atoms with Crippen molar-refractivity contribution in [3.63, 3.8) is 0 Å². The number of amides is 4. The van der Waals surface area contributed by atoms with Crippen LogP contribution in [0.3, 0.4) is 0 Å². The Morgan fingerprint density at radius 3 is 2.10 bits per heavy atom. The monoisotopic (exact) mass is 405 g/mol. The fourth-order valence-corrected chi connectivity index (χ4v) is 2.43. The van der Waals surface area contributed by atoms with Crippen LogP contribution in [0.2, 0.25) is 0 Å². The van der Waals surface area contributed by atoms with E-state index in [-0.39, 0.29) is 17.7 Å². The number of hydrogen-bond acceptors (Lipinski definition) is 5. The van der Waals surface area contributed by atoms with E-state index in [1.54, 1.807) is 52.0 Å². The van der Waals surface area contributed by atoms with Crippen LogP contribution in [0.25, 0.3) is 0 Å². The maximum atomic E-state index is 12.6. The molecule has 0 aliphatic heterocycles. The Kier molecular flexibility index (Phi) is 9.81. The van der Waals surface area contributed by atoms with E-state index in [0.29, 0.717) is 30.8 Å². The van der Waals surface area contributed by atoms with E-state index in [0.717, 1.165) is 0 Å². The molecule has 0 saturated heterocycles. The number of rotatable bonds is 10. The van der Waals surface area contributed by atoms with Crippen molar-refractivity contribution in [1.29, 1.82) is 0 Å². The first-order chi connectivity index (χ1) is 13.7. The minimum Gasteiger partial charge on any atom is -0.353 e. The van der Waals surface area contributed by atoms with Gasteiger partial charge in [-0.15, -0.1) is 0 Å². The van der Waals surface area contributed by atoms with Gasteiger partial charge in [0.05, 0.1) is 0 Å². The number of benzene rings is 1. The molecule has 0 bridgehead atoms. The maximum Gasteiger partial charge on any atom is 0.251 e. The van der Waals surface area contributed by atoms with Gasteiger partial charge in [-0.3, -0.25) is 19.2 Å². The summed E-state index contributed by atoms with van der Waals surface area (Å²) in [6.45, 7) is 7.53. The third-order valence-corrected chi connectivity index (χ3v) is 4.18. The molecule has 160 valence electrons. The van der Waals surface area contributed by atoms with Crippen molar-refractivity contribution in [2.75, 3.05) is 18.4 Å². The number of carbonyl (C=O) groups is 4. The van der Waals surface area contributed by atoms with Crippen molar-refractivity contribution in [3.05, 3.63) is 29.8 Å². The van der Waals surface area contributed by atoms with Gasteiger partial charge in [0, 0.05) is 30.8 Å². The molecule has 0 saturated carbocycles. The summed E-state index contributed by atoms with van der Waals surface area (Å²) >= 11 is 0. The van der Waals surface area contributed by atoms with E-state index in [9.17, 15) is 19.2 Å². The average Bonchev–Trinajstić information content (AvgIpc) is 2.69. The lowest BCUT2D eigenvalue weighted by Crippen LogP contribution is -2.54. The number of carbonyl (C=O) groups excluding carboxylic acids is 4. The molecular formula is C20H31N5O4. The van der Waals surface area contributed by atoms with E-state index in [1.165, 1.54) is 0 Å². The van der Waals surface area contributed by atoms with Crippen molar-refractivity contribution < 1.29 is 19.2 Å². The van der Waals surface area contributed by atoms with Crippen LogP contribution in [0.5, 0.6) is 0 Å². The molecule has 1 aromatic rings.